The molecule has 2 aromatic carbocycles. The van der Waals surface area contributed by atoms with Gasteiger partial charge in [0.1, 0.15) is 23.0 Å². The monoisotopic (exact) mass is 390 g/mol. The second-order valence-corrected chi connectivity index (χ2v) is 5.92. The van der Waals surface area contributed by atoms with E-state index in [9.17, 15) is 19.8 Å². The maximum Gasteiger partial charge on any atom is 0.312 e. The van der Waals surface area contributed by atoms with E-state index >= 15 is 0 Å². The van der Waals surface area contributed by atoms with Crippen molar-refractivity contribution in [2.75, 3.05) is 28.4 Å². The van der Waals surface area contributed by atoms with Gasteiger partial charge in [0.15, 0.2) is 0 Å². The van der Waals surface area contributed by atoms with E-state index in [0.29, 0.717) is 23.0 Å². The predicted octanol–water partition coefficient (Wildman–Crippen LogP) is 2.76. The molecule has 2 N–H and O–H groups in total. The summed E-state index contributed by atoms with van der Waals surface area (Å²) in [6, 6.07) is 9.08. The van der Waals surface area contributed by atoms with Crippen LogP contribution >= 0.6 is 0 Å². The van der Waals surface area contributed by atoms with Crippen LogP contribution in [0.1, 0.15) is 23.0 Å². The van der Waals surface area contributed by atoms with Crippen molar-refractivity contribution in [3.05, 3.63) is 47.5 Å². The Morgan fingerprint density at radius 3 is 1.04 bits per heavy atom. The Balaban J connectivity index is 2.68. The highest BCUT2D eigenvalue weighted by Crippen LogP contribution is 2.39. The van der Waals surface area contributed by atoms with Gasteiger partial charge in [-0.15, -0.1) is 0 Å². The van der Waals surface area contributed by atoms with E-state index in [2.05, 4.69) is 0 Å². The Hall–Kier alpha value is -3.42. The van der Waals surface area contributed by atoms with Crippen LogP contribution in [0.15, 0.2) is 36.4 Å². The molecule has 0 amide bonds. The molecule has 0 saturated carbocycles. The summed E-state index contributed by atoms with van der Waals surface area (Å²) in [7, 11) is 5.71. The second kappa shape index (κ2) is 8.98. The van der Waals surface area contributed by atoms with E-state index in [1.807, 2.05) is 0 Å². The van der Waals surface area contributed by atoms with Crippen molar-refractivity contribution in [1.29, 1.82) is 0 Å². The third-order valence-electron chi connectivity index (χ3n) is 4.33. The normalized spacial score (nSPS) is 12.6. The fourth-order valence-corrected chi connectivity index (χ4v) is 2.97. The maximum absolute atomic E-state index is 12.1. The molecule has 8 heteroatoms. The zero-order valence-corrected chi connectivity index (χ0v) is 16.0. The van der Waals surface area contributed by atoms with Gasteiger partial charge < -0.3 is 29.2 Å². The van der Waals surface area contributed by atoms with Gasteiger partial charge in [-0.3, -0.25) is 9.59 Å². The Kier molecular flexibility index (Phi) is 6.70. The number of hydrogen-bond acceptors (Lipinski definition) is 6. The van der Waals surface area contributed by atoms with Crippen molar-refractivity contribution in [2.24, 2.45) is 0 Å². The molecule has 0 spiro atoms. The van der Waals surface area contributed by atoms with Crippen molar-refractivity contribution in [1.82, 2.24) is 0 Å². The smallest absolute Gasteiger partial charge is 0.312 e. The van der Waals surface area contributed by atoms with E-state index in [0.717, 1.165) is 0 Å². The summed E-state index contributed by atoms with van der Waals surface area (Å²) < 4.78 is 20.7. The SMILES string of the molecule is COc1cc(OC)cc(C(C(=O)O)C(C(=O)O)c2cc(OC)cc(OC)c2)c1. The lowest BCUT2D eigenvalue weighted by Crippen LogP contribution is -2.26. The molecule has 28 heavy (non-hydrogen) atoms. The molecule has 150 valence electrons. The van der Waals surface area contributed by atoms with E-state index in [1.54, 1.807) is 12.1 Å². The van der Waals surface area contributed by atoms with Crippen LogP contribution in [-0.4, -0.2) is 50.6 Å². The highest BCUT2D eigenvalue weighted by molar-refractivity contribution is 5.88. The predicted molar refractivity (Wildman–Crippen MR) is 99.8 cm³/mol. The van der Waals surface area contributed by atoms with Gasteiger partial charge >= 0.3 is 11.9 Å². The molecule has 0 aliphatic heterocycles. The van der Waals surface area contributed by atoms with Crippen LogP contribution < -0.4 is 18.9 Å². The number of ether oxygens (including phenoxy) is 4. The van der Waals surface area contributed by atoms with Crippen molar-refractivity contribution < 1.29 is 38.7 Å². The van der Waals surface area contributed by atoms with Crippen LogP contribution in [0.5, 0.6) is 23.0 Å². The number of hydrogen-bond donors (Lipinski definition) is 2. The molecule has 0 aliphatic rings. The van der Waals surface area contributed by atoms with E-state index < -0.39 is 23.8 Å². The standard InChI is InChI=1S/C20H22O8/c1-25-13-5-11(6-14(9-13)26-2)17(19(21)22)18(20(23)24)12-7-15(27-3)10-16(8-12)28-4/h5-10,17-18H,1-4H3,(H,21,22)(H,23,24). The van der Waals surface area contributed by atoms with Crippen molar-refractivity contribution >= 4 is 11.9 Å². The zero-order chi connectivity index (χ0) is 20.8. The zero-order valence-electron chi connectivity index (χ0n) is 16.0. The van der Waals surface area contributed by atoms with Gasteiger partial charge in [-0.25, -0.2) is 0 Å². The molecular weight excluding hydrogens is 368 g/mol. The van der Waals surface area contributed by atoms with Crippen LogP contribution in [0.3, 0.4) is 0 Å². The topological polar surface area (TPSA) is 112 Å². The summed E-state index contributed by atoms with van der Waals surface area (Å²) in [6.45, 7) is 0. The summed E-state index contributed by atoms with van der Waals surface area (Å²) in [4.78, 5) is 24.2. The third-order valence-corrected chi connectivity index (χ3v) is 4.33. The first kappa shape index (κ1) is 20.9. The molecule has 0 saturated heterocycles. The van der Waals surface area contributed by atoms with Crippen LogP contribution in [-0.2, 0) is 9.59 Å². The highest BCUT2D eigenvalue weighted by Gasteiger charge is 2.37. The molecule has 0 aliphatic carbocycles. The lowest BCUT2D eigenvalue weighted by Gasteiger charge is -2.23. The molecule has 2 aromatic rings. The van der Waals surface area contributed by atoms with E-state index in [1.165, 1.54) is 52.7 Å². The first-order valence-corrected chi connectivity index (χ1v) is 8.26. The number of rotatable bonds is 9. The molecule has 0 heterocycles. The number of carbonyl (C=O) groups is 2. The van der Waals surface area contributed by atoms with Gasteiger partial charge in [0.05, 0.1) is 40.3 Å². The van der Waals surface area contributed by atoms with Gasteiger partial charge in [0.25, 0.3) is 0 Å². The number of aliphatic carboxylic acids is 2. The van der Waals surface area contributed by atoms with Crippen LogP contribution in [0.2, 0.25) is 0 Å². The summed E-state index contributed by atoms with van der Waals surface area (Å²) in [5, 5.41) is 19.8. The van der Waals surface area contributed by atoms with Gasteiger partial charge in [-0.2, -0.15) is 0 Å². The van der Waals surface area contributed by atoms with E-state index in [4.69, 9.17) is 18.9 Å². The molecule has 8 nitrogen and oxygen atoms in total. The average molecular weight is 390 g/mol. The molecule has 2 rings (SSSR count). The summed E-state index contributed by atoms with van der Waals surface area (Å²) in [5.41, 5.74) is 0.468. The fourth-order valence-electron chi connectivity index (χ4n) is 2.97. The number of carboxylic acid groups (broad SMARTS) is 2. The lowest BCUT2D eigenvalue weighted by molar-refractivity contribution is -0.147. The first-order valence-electron chi connectivity index (χ1n) is 8.26. The number of carboxylic acids is 2. The van der Waals surface area contributed by atoms with Crippen molar-refractivity contribution in [3.63, 3.8) is 0 Å². The van der Waals surface area contributed by atoms with E-state index in [-0.39, 0.29) is 11.1 Å². The molecule has 0 radical (unpaired) electrons. The Morgan fingerprint density at radius 2 is 0.857 bits per heavy atom. The fraction of sp³-hybridized carbons (Fsp3) is 0.300. The molecule has 2 atom stereocenters. The quantitative estimate of drug-likeness (QED) is 0.672. The molecule has 0 fully saturated rings. The van der Waals surface area contributed by atoms with Crippen LogP contribution in [0.4, 0.5) is 0 Å². The molecule has 2 unspecified atom stereocenters. The minimum atomic E-state index is -1.40. The maximum atomic E-state index is 12.1. The molecule has 0 aromatic heterocycles. The molecule has 0 bridgehead atoms. The number of benzene rings is 2. The van der Waals surface area contributed by atoms with Gasteiger partial charge in [-0.1, -0.05) is 0 Å². The van der Waals surface area contributed by atoms with Crippen LogP contribution in [0, 0.1) is 0 Å². The minimum Gasteiger partial charge on any atom is -0.497 e. The average Bonchev–Trinajstić information content (AvgIpc) is 2.70. The lowest BCUT2D eigenvalue weighted by atomic mass is 9.81. The summed E-state index contributed by atoms with van der Waals surface area (Å²) in [5.74, 6) is -3.99. The summed E-state index contributed by atoms with van der Waals surface area (Å²) >= 11 is 0. The minimum absolute atomic E-state index is 0.234. The Morgan fingerprint density at radius 1 is 0.607 bits per heavy atom. The highest BCUT2D eigenvalue weighted by atomic mass is 16.5. The number of methoxy groups -OCH3 is 4. The summed E-state index contributed by atoms with van der Waals surface area (Å²) in [6.07, 6.45) is 0. The van der Waals surface area contributed by atoms with Crippen molar-refractivity contribution in [3.8, 4) is 23.0 Å². The first-order chi connectivity index (χ1) is 13.3. The molecular formula is C20H22O8. The van der Waals surface area contributed by atoms with Crippen LogP contribution in [0.25, 0.3) is 0 Å². The van der Waals surface area contributed by atoms with Gasteiger partial charge in [0, 0.05) is 12.1 Å². The second-order valence-electron chi connectivity index (χ2n) is 5.92. The van der Waals surface area contributed by atoms with Gasteiger partial charge in [0.2, 0.25) is 0 Å². The Bertz CT molecular complexity index is 745. The largest absolute Gasteiger partial charge is 0.497 e. The van der Waals surface area contributed by atoms with Crippen molar-refractivity contribution in [2.45, 2.75) is 11.8 Å². The Labute approximate surface area is 162 Å². The van der Waals surface area contributed by atoms with Gasteiger partial charge in [-0.05, 0) is 35.4 Å². The third kappa shape index (κ3) is 4.46.